The largest absolute Gasteiger partial charge is 0.442 e. The molecule has 0 spiro atoms. The maximum atomic E-state index is 12.2. The quantitative estimate of drug-likeness (QED) is 0.333. The Hall–Kier alpha value is -1.20. The number of methoxy groups -OCH3 is 1. The molecule has 9 nitrogen and oxygen atoms in total. The average molecular weight is 482 g/mol. The van der Waals surface area contributed by atoms with Crippen LogP contribution in [0.3, 0.4) is 0 Å². The molecule has 1 aliphatic heterocycles. The highest BCUT2D eigenvalue weighted by Gasteiger charge is 2.68. The molecule has 2 fully saturated rings. The number of sulfone groups is 1. The fraction of sp³-hybridized carbons (Fsp3) is 0.800. The van der Waals surface area contributed by atoms with E-state index < -0.39 is 56.9 Å². The van der Waals surface area contributed by atoms with Crippen LogP contribution in [-0.2, 0) is 28.8 Å². The molecule has 2 rings (SSSR count). The van der Waals surface area contributed by atoms with E-state index >= 15 is 0 Å². The summed E-state index contributed by atoms with van der Waals surface area (Å²) in [7, 11) is -2.15. The lowest BCUT2D eigenvalue weighted by Gasteiger charge is -2.48. The molecule has 11 heteroatoms. The van der Waals surface area contributed by atoms with Gasteiger partial charge in [0.1, 0.15) is 27.6 Å². The molecular formula is C20H32ClNO8S. The van der Waals surface area contributed by atoms with Crippen LogP contribution in [0.25, 0.3) is 0 Å². The summed E-state index contributed by atoms with van der Waals surface area (Å²) in [5.41, 5.74) is -1.43. The van der Waals surface area contributed by atoms with Crippen molar-refractivity contribution < 1.29 is 37.3 Å². The number of ether oxygens (including phenoxy) is 3. The Morgan fingerprint density at radius 2 is 1.94 bits per heavy atom. The molecule has 1 saturated carbocycles. The molecule has 0 radical (unpaired) electrons. The topological polar surface area (TPSA) is 123 Å². The van der Waals surface area contributed by atoms with Crippen LogP contribution in [0.4, 0.5) is 4.79 Å². The van der Waals surface area contributed by atoms with E-state index in [9.17, 15) is 23.1 Å². The maximum absolute atomic E-state index is 12.2. The van der Waals surface area contributed by atoms with Crippen molar-refractivity contribution in [1.29, 1.82) is 0 Å². The summed E-state index contributed by atoms with van der Waals surface area (Å²) in [6.45, 7) is 6.83. The number of hydrogen-bond acceptors (Lipinski definition) is 8. The second-order valence-electron chi connectivity index (χ2n) is 8.92. The number of nitrogens with zero attached hydrogens (tertiary/aromatic N) is 1. The zero-order chi connectivity index (χ0) is 23.8. The van der Waals surface area contributed by atoms with E-state index in [0.717, 1.165) is 18.8 Å². The third kappa shape index (κ3) is 5.98. The van der Waals surface area contributed by atoms with Crippen LogP contribution >= 0.6 is 11.8 Å². The number of epoxide rings is 1. The smallest absolute Gasteiger partial charge is 0.432 e. The standard InChI is InChI=1S/C20H32ClNO8S/c1-12(2)7-8-15-19(4,30-15)17-16(28-5)14(29-18(24)22(21)13(3)23)9-10-20(17,25)11-31(6,26)27/h7,14-17,25H,8-11H2,1-6H3. The van der Waals surface area contributed by atoms with Crippen molar-refractivity contribution in [3.8, 4) is 0 Å². The van der Waals surface area contributed by atoms with Crippen molar-refractivity contribution in [2.45, 2.75) is 76.5 Å². The molecule has 0 aromatic heterocycles. The van der Waals surface area contributed by atoms with Crippen LogP contribution in [-0.4, -0.2) is 78.6 Å². The zero-order valence-electron chi connectivity index (χ0n) is 18.8. The number of imide groups is 1. The van der Waals surface area contributed by atoms with Crippen LogP contribution in [0.2, 0.25) is 0 Å². The minimum Gasteiger partial charge on any atom is -0.442 e. The number of halogens is 1. The van der Waals surface area contributed by atoms with Gasteiger partial charge in [0.25, 0.3) is 0 Å². The second-order valence-corrected chi connectivity index (χ2v) is 11.4. The predicted octanol–water partition coefficient (Wildman–Crippen LogP) is 2.21. The number of hydrogen-bond donors (Lipinski definition) is 1. The first-order valence-corrected chi connectivity index (χ1v) is 12.5. The summed E-state index contributed by atoms with van der Waals surface area (Å²) in [6, 6.07) is 0. The second kappa shape index (κ2) is 9.35. The van der Waals surface area contributed by atoms with Crippen LogP contribution in [0.5, 0.6) is 0 Å². The number of allylic oxidation sites excluding steroid dienone is 1. The Morgan fingerprint density at radius 1 is 1.32 bits per heavy atom. The van der Waals surface area contributed by atoms with E-state index in [1.54, 1.807) is 6.92 Å². The fourth-order valence-electron chi connectivity index (χ4n) is 4.60. The van der Waals surface area contributed by atoms with E-state index in [0.29, 0.717) is 10.8 Å². The van der Waals surface area contributed by atoms with Crippen molar-refractivity contribution in [2.75, 3.05) is 19.1 Å². The molecule has 6 unspecified atom stereocenters. The fourth-order valence-corrected chi connectivity index (χ4v) is 5.87. The molecule has 0 aromatic rings. The third-order valence-electron chi connectivity index (χ3n) is 5.94. The van der Waals surface area contributed by atoms with Crippen LogP contribution < -0.4 is 0 Å². The number of carbonyl (C=O) groups is 2. The normalized spacial score (nSPS) is 35.2. The van der Waals surface area contributed by atoms with Crippen molar-refractivity contribution >= 4 is 33.6 Å². The number of carbonyl (C=O) groups excluding carboxylic acids is 2. The molecule has 0 aromatic carbocycles. The Morgan fingerprint density at radius 3 is 2.42 bits per heavy atom. The molecule has 178 valence electrons. The number of rotatable bonds is 7. The van der Waals surface area contributed by atoms with Crippen molar-refractivity contribution in [3.63, 3.8) is 0 Å². The molecular weight excluding hydrogens is 450 g/mol. The van der Waals surface area contributed by atoms with E-state index in [1.165, 1.54) is 7.11 Å². The minimum absolute atomic E-state index is 0.0409. The van der Waals surface area contributed by atoms with Gasteiger partial charge in [0.05, 0.1) is 17.5 Å². The lowest BCUT2D eigenvalue weighted by molar-refractivity contribution is -0.171. The summed E-state index contributed by atoms with van der Waals surface area (Å²) < 4.78 is 41.6. The first-order chi connectivity index (χ1) is 14.1. The Balaban J connectivity index is 2.38. The molecule has 2 aliphatic rings. The van der Waals surface area contributed by atoms with Gasteiger partial charge in [0.15, 0.2) is 0 Å². The number of aliphatic hydroxyl groups is 1. The SMILES string of the molecule is COC1C(OC(=O)N(Cl)C(C)=O)CCC(O)(CS(C)(=O)=O)C1C1(C)OC1CC=C(C)C. The molecule has 6 atom stereocenters. The van der Waals surface area contributed by atoms with Crippen LogP contribution in [0.1, 0.15) is 47.0 Å². The summed E-state index contributed by atoms with van der Waals surface area (Å²) in [4.78, 5) is 23.6. The zero-order valence-corrected chi connectivity index (χ0v) is 20.3. The monoisotopic (exact) mass is 481 g/mol. The minimum atomic E-state index is -3.54. The highest BCUT2D eigenvalue weighted by Crippen LogP contribution is 2.55. The summed E-state index contributed by atoms with van der Waals surface area (Å²) in [5.74, 6) is -1.99. The van der Waals surface area contributed by atoms with E-state index in [2.05, 4.69) is 0 Å². The molecule has 31 heavy (non-hydrogen) atoms. The van der Waals surface area contributed by atoms with Gasteiger partial charge >= 0.3 is 6.09 Å². The Labute approximate surface area is 188 Å². The van der Waals surface area contributed by atoms with Gasteiger partial charge in [-0.05, 0) is 40.0 Å². The lowest BCUT2D eigenvalue weighted by atomic mass is 9.66. The Kier molecular flexibility index (Phi) is 7.86. The molecule has 1 aliphatic carbocycles. The average Bonchev–Trinajstić information content (AvgIpc) is 3.29. The van der Waals surface area contributed by atoms with Gasteiger partial charge in [-0.25, -0.2) is 13.2 Å². The summed E-state index contributed by atoms with van der Waals surface area (Å²) in [6.07, 6.45) is 0.783. The highest BCUT2D eigenvalue weighted by atomic mass is 35.5. The predicted molar refractivity (Wildman–Crippen MR) is 114 cm³/mol. The molecule has 0 bridgehead atoms. The first kappa shape index (κ1) is 26.1. The van der Waals surface area contributed by atoms with E-state index in [-0.39, 0.29) is 18.9 Å². The van der Waals surface area contributed by atoms with Crippen LogP contribution in [0, 0.1) is 5.92 Å². The summed E-state index contributed by atoms with van der Waals surface area (Å²) in [5, 5.41) is 11.5. The molecule has 1 saturated heterocycles. The number of amides is 2. The van der Waals surface area contributed by atoms with Crippen molar-refractivity contribution in [3.05, 3.63) is 11.6 Å². The van der Waals surface area contributed by atoms with E-state index in [4.69, 9.17) is 26.0 Å². The maximum Gasteiger partial charge on any atom is 0.432 e. The van der Waals surface area contributed by atoms with Crippen molar-refractivity contribution in [1.82, 2.24) is 4.42 Å². The van der Waals surface area contributed by atoms with Gasteiger partial charge < -0.3 is 19.3 Å². The van der Waals surface area contributed by atoms with E-state index in [1.807, 2.05) is 19.9 Å². The molecule has 2 amide bonds. The Bertz CT molecular complexity index is 842. The van der Waals surface area contributed by atoms with Gasteiger partial charge in [0, 0.05) is 38.0 Å². The molecule has 1 N–H and O–H groups in total. The van der Waals surface area contributed by atoms with Gasteiger partial charge in [-0.15, -0.1) is 0 Å². The van der Waals surface area contributed by atoms with Gasteiger partial charge in [0.2, 0.25) is 5.91 Å². The van der Waals surface area contributed by atoms with Crippen molar-refractivity contribution in [2.24, 2.45) is 5.92 Å². The van der Waals surface area contributed by atoms with Crippen LogP contribution in [0.15, 0.2) is 11.6 Å². The van der Waals surface area contributed by atoms with Gasteiger partial charge in [-0.2, -0.15) is 4.42 Å². The summed E-state index contributed by atoms with van der Waals surface area (Å²) >= 11 is 5.66. The van der Waals surface area contributed by atoms with Gasteiger partial charge in [-0.1, -0.05) is 11.6 Å². The third-order valence-corrected chi connectivity index (χ3v) is 7.35. The first-order valence-electron chi connectivity index (χ1n) is 10.1. The lowest BCUT2D eigenvalue weighted by Crippen LogP contribution is -2.62. The van der Waals surface area contributed by atoms with Gasteiger partial charge in [-0.3, -0.25) is 4.79 Å². The highest BCUT2D eigenvalue weighted by molar-refractivity contribution is 7.90. The molecule has 1 heterocycles.